The molecule has 0 saturated heterocycles. The number of rotatable bonds is 3. The molecular formula is C20H18N4O2. The second-order valence-electron chi connectivity index (χ2n) is 6.07. The maximum Gasteiger partial charge on any atom is 0.339 e. The predicted octanol–water partition coefficient (Wildman–Crippen LogP) is 3.96. The van der Waals surface area contributed by atoms with Crippen LogP contribution in [0, 0.1) is 6.92 Å². The molecule has 0 unspecified atom stereocenters. The zero-order chi connectivity index (χ0) is 18.3. The molecule has 0 atom stereocenters. The van der Waals surface area contributed by atoms with E-state index >= 15 is 0 Å². The van der Waals surface area contributed by atoms with Crippen molar-refractivity contribution in [3.63, 3.8) is 0 Å². The van der Waals surface area contributed by atoms with Crippen molar-refractivity contribution in [1.82, 2.24) is 14.8 Å². The van der Waals surface area contributed by atoms with Crippen LogP contribution >= 0.6 is 0 Å². The van der Waals surface area contributed by atoms with Crippen molar-refractivity contribution < 1.29 is 9.53 Å². The van der Waals surface area contributed by atoms with E-state index in [1.807, 2.05) is 56.4 Å². The molecule has 2 aromatic carbocycles. The number of nitrogens with one attached hydrogen (secondary N) is 1. The molecule has 0 bridgehead atoms. The molecule has 0 radical (unpaired) electrons. The number of nitrogens with zero attached hydrogens (tertiary/aromatic N) is 3. The normalized spacial score (nSPS) is 11.0. The van der Waals surface area contributed by atoms with Gasteiger partial charge in [0.1, 0.15) is 0 Å². The number of hydrogen-bond acceptors (Lipinski definition) is 5. The molecule has 130 valence electrons. The number of benzene rings is 2. The van der Waals surface area contributed by atoms with Gasteiger partial charge >= 0.3 is 5.97 Å². The number of hydrogen-bond donors (Lipinski definition) is 1. The average Bonchev–Trinajstić information content (AvgIpc) is 2.95. The van der Waals surface area contributed by atoms with Crippen LogP contribution < -0.4 is 5.32 Å². The minimum Gasteiger partial charge on any atom is -0.465 e. The van der Waals surface area contributed by atoms with Crippen molar-refractivity contribution in [1.29, 1.82) is 0 Å². The second-order valence-corrected chi connectivity index (χ2v) is 6.07. The van der Waals surface area contributed by atoms with Crippen LogP contribution in [0.3, 0.4) is 0 Å². The molecule has 0 saturated carbocycles. The van der Waals surface area contributed by atoms with Crippen molar-refractivity contribution in [3.8, 4) is 0 Å². The average molecular weight is 346 g/mol. The number of aryl methyl sites for hydroxylation is 2. The summed E-state index contributed by atoms with van der Waals surface area (Å²) in [5.74, 6) is -0.384. The van der Waals surface area contributed by atoms with Crippen LogP contribution in [0.25, 0.3) is 21.9 Å². The third-order valence-electron chi connectivity index (χ3n) is 4.43. The fourth-order valence-corrected chi connectivity index (χ4v) is 3.24. The Balaban J connectivity index is 2.00. The minimum absolute atomic E-state index is 0.384. The predicted molar refractivity (Wildman–Crippen MR) is 102 cm³/mol. The van der Waals surface area contributed by atoms with Crippen LogP contribution in [0.1, 0.15) is 16.1 Å². The van der Waals surface area contributed by atoms with E-state index in [9.17, 15) is 4.79 Å². The third-order valence-corrected chi connectivity index (χ3v) is 4.43. The first-order valence-corrected chi connectivity index (χ1v) is 8.26. The van der Waals surface area contributed by atoms with Gasteiger partial charge in [0.2, 0.25) is 0 Å². The topological polar surface area (TPSA) is 69.0 Å². The minimum atomic E-state index is -0.384. The fraction of sp³-hybridized carbons (Fsp3) is 0.150. The van der Waals surface area contributed by atoms with Crippen molar-refractivity contribution >= 4 is 39.3 Å². The summed E-state index contributed by atoms with van der Waals surface area (Å²) in [6, 6.07) is 15.2. The van der Waals surface area contributed by atoms with E-state index in [1.165, 1.54) is 7.11 Å². The van der Waals surface area contributed by atoms with E-state index in [1.54, 1.807) is 10.7 Å². The van der Waals surface area contributed by atoms with Gasteiger partial charge in [0.05, 0.1) is 40.6 Å². The first-order chi connectivity index (χ1) is 12.6. The maximum absolute atomic E-state index is 12.1. The Labute approximate surface area is 150 Å². The smallest absolute Gasteiger partial charge is 0.339 e. The Morgan fingerprint density at radius 2 is 1.85 bits per heavy atom. The molecule has 0 spiro atoms. The molecule has 0 fully saturated rings. The van der Waals surface area contributed by atoms with Crippen molar-refractivity contribution in [2.75, 3.05) is 12.4 Å². The highest BCUT2D eigenvalue weighted by Crippen LogP contribution is 2.35. The summed E-state index contributed by atoms with van der Waals surface area (Å²) >= 11 is 0. The summed E-state index contributed by atoms with van der Waals surface area (Å²) in [7, 11) is 3.26. The molecule has 4 aromatic rings. The standard InChI is InChI=1S/C20H18N4O2/c1-12-17-18(21-16-11-7-5-9-14(16)20(25)26-3)13-8-4-6-10-15(13)22-19(17)24(2)23-12/h4-11H,1-3H3,(H,21,22). The van der Waals surface area contributed by atoms with E-state index in [-0.39, 0.29) is 5.97 Å². The molecular weight excluding hydrogens is 328 g/mol. The fourth-order valence-electron chi connectivity index (χ4n) is 3.24. The number of esters is 1. The molecule has 26 heavy (non-hydrogen) atoms. The molecule has 1 N–H and O–H groups in total. The van der Waals surface area contributed by atoms with Gasteiger partial charge in [-0.3, -0.25) is 4.68 Å². The summed E-state index contributed by atoms with van der Waals surface area (Å²) in [6.07, 6.45) is 0. The molecule has 0 aliphatic rings. The van der Waals surface area contributed by atoms with Crippen LogP contribution in [0.2, 0.25) is 0 Å². The number of anilines is 2. The van der Waals surface area contributed by atoms with E-state index in [0.717, 1.165) is 33.3 Å². The number of ether oxygens (including phenoxy) is 1. The summed E-state index contributed by atoms with van der Waals surface area (Å²) < 4.78 is 6.68. The number of methoxy groups -OCH3 is 1. The van der Waals surface area contributed by atoms with E-state index in [2.05, 4.69) is 10.4 Å². The number of pyridine rings is 1. The lowest BCUT2D eigenvalue weighted by atomic mass is 10.1. The molecule has 0 aliphatic heterocycles. The molecule has 6 heteroatoms. The maximum atomic E-state index is 12.1. The zero-order valence-electron chi connectivity index (χ0n) is 14.8. The number of aromatic nitrogens is 3. The van der Waals surface area contributed by atoms with Gasteiger partial charge in [-0.25, -0.2) is 9.78 Å². The quantitative estimate of drug-likeness (QED) is 0.569. The van der Waals surface area contributed by atoms with Crippen LogP contribution in [0.5, 0.6) is 0 Å². The highest BCUT2D eigenvalue weighted by Gasteiger charge is 2.18. The van der Waals surface area contributed by atoms with Crippen LogP contribution in [0.4, 0.5) is 11.4 Å². The Hall–Kier alpha value is -3.41. The Morgan fingerprint density at radius 1 is 1.12 bits per heavy atom. The van der Waals surface area contributed by atoms with Crippen LogP contribution in [-0.2, 0) is 11.8 Å². The molecule has 0 aliphatic carbocycles. The molecule has 2 aromatic heterocycles. The summed E-state index contributed by atoms with van der Waals surface area (Å²) in [5.41, 5.74) is 4.57. The van der Waals surface area contributed by atoms with E-state index in [4.69, 9.17) is 9.72 Å². The Kier molecular flexibility index (Phi) is 3.80. The second kappa shape index (κ2) is 6.15. The van der Waals surface area contributed by atoms with Crippen LogP contribution in [-0.4, -0.2) is 27.8 Å². The largest absolute Gasteiger partial charge is 0.465 e. The number of carbonyl (C=O) groups is 1. The van der Waals surface area contributed by atoms with Gasteiger partial charge < -0.3 is 10.1 Å². The van der Waals surface area contributed by atoms with Gasteiger partial charge in [-0.1, -0.05) is 30.3 Å². The first kappa shape index (κ1) is 16.1. The lowest BCUT2D eigenvalue weighted by Gasteiger charge is -2.14. The first-order valence-electron chi connectivity index (χ1n) is 8.26. The van der Waals surface area contributed by atoms with Crippen molar-refractivity contribution in [2.45, 2.75) is 6.92 Å². The van der Waals surface area contributed by atoms with Gasteiger partial charge in [-0.15, -0.1) is 0 Å². The van der Waals surface area contributed by atoms with Gasteiger partial charge in [0.25, 0.3) is 0 Å². The van der Waals surface area contributed by atoms with Crippen LogP contribution in [0.15, 0.2) is 48.5 Å². The summed E-state index contributed by atoms with van der Waals surface area (Å²) in [4.78, 5) is 16.9. The Bertz CT molecular complexity index is 1150. The lowest BCUT2D eigenvalue weighted by molar-refractivity contribution is 0.0602. The highest BCUT2D eigenvalue weighted by molar-refractivity contribution is 6.10. The van der Waals surface area contributed by atoms with E-state index < -0.39 is 0 Å². The van der Waals surface area contributed by atoms with Gasteiger partial charge in [0, 0.05) is 12.4 Å². The molecule has 0 amide bonds. The van der Waals surface area contributed by atoms with Gasteiger partial charge in [-0.05, 0) is 25.1 Å². The monoisotopic (exact) mass is 346 g/mol. The van der Waals surface area contributed by atoms with Gasteiger partial charge in [0.15, 0.2) is 5.65 Å². The van der Waals surface area contributed by atoms with E-state index in [0.29, 0.717) is 11.3 Å². The molecule has 4 rings (SSSR count). The van der Waals surface area contributed by atoms with Crippen molar-refractivity contribution in [2.24, 2.45) is 7.05 Å². The third kappa shape index (κ3) is 2.47. The number of fused-ring (bicyclic) bond motifs is 2. The summed E-state index contributed by atoms with van der Waals surface area (Å²) in [5, 5.41) is 9.85. The number of carbonyl (C=O) groups excluding carboxylic acids is 1. The number of para-hydroxylation sites is 2. The highest BCUT2D eigenvalue weighted by atomic mass is 16.5. The Morgan fingerprint density at radius 3 is 2.65 bits per heavy atom. The molecule has 2 heterocycles. The summed E-state index contributed by atoms with van der Waals surface area (Å²) in [6.45, 7) is 1.95. The zero-order valence-corrected chi connectivity index (χ0v) is 14.8. The lowest BCUT2D eigenvalue weighted by Crippen LogP contribution is -2.06. The SMILES string of the molecule is COC(=O)c1ccccc1Nc1c2ccccc2nc2c1c(C)nn2C. The van der Waals surface area contributed by atoms with Gasteiger partial charge in [-0.2, -0.15) is 5.10 Å². The van der Waals surface area contributed by atoms with Crippen molar-refractivity contribution in [3.05, 3.63) is 59.8 Å². The molecule has 6 nitrogen and oxygen atoms in total.